The van der Waals surface area contributed by atoms with Crippen LogP contribution in [0.15, 0.2) is 33.2 Å². The molecule has 0 spiro atoms. The first kappa shape index (κ1) is 15.8. The van der Waals surface area contributed by atoms with Crippen LogP contribution >= 0.6 is 0 Å². The molecule has 3 aromatic rings. The second kappa shape index (κ2) is 6.29. The van der Waals surface area contributed by atoms with E-state index < -0.39 is 6.10 Å². The average Bonchev–Trinajstić information content (AvgIpc) is 3.21. The van der Waals surface area contributed by atoms with E-state index in [2.05, 4.69) is 15.4 Å². The number of aromatic nitrogens is 3. The summed E-state index contributed by atoms with van der Waals surface area (Å²) in [5.41, 5.74) is 1.32. The normalized spacial score (nSPS) is 21.0. The maximum Gasteiger partial charge on any atom is 0.247 e. The molecule has 0 aliphatic carbocycles. The molecule has 4 rings (SSSR count). The molecule has 1 amide bonds. The van der Waals surface area contributed by atoms with Crippen LogP contribution in [-0.2, 0) is 16.0 Å². The van der Waals surface area contributed by atoms with E-state index in [1.807, 2.05) is 31.2 Å². The third kappa shape index (κ3) is 3.12. The van der Waals surface area contributed by atoms with Crippen LogP contribution in [0.4, 0.5) is 0 Å². The van der Waals surface area contributed by atoms with Gasteiger partial charge in [0.2, 0.25) is 17.7 Å². The van der Waals surface area contributed by atoms with Gasteiger partial charge in [0.15, 0.2) is 11.7 Å². The van der Waals surface area contributed by atoms with E-state index in [0.717, 1.165) is 5.39 Å². The van der Waals surface area contributed by atoms with Gasteiger partial charge < -0.3 is 18.6 Å². The molecule has 1 fully saturated rings. The summed E-state index contributed by atoms with van der Waals surface area (Å²) in [4.78, 5) is 14.5. The van der Waals surface area contributed by atoms with Crippen LogP contribution in [0.25, 0.3) is 11.0 Å². The number of benzene rings is 1. The van der Waals surface area contributed by atoms with Crippen molar-refractivity contribution < 1.29 is 18.5 Å². The summed E-state index contributed by atoms with van der Waals surface area (Å²) in [6.07, 6.45) is -0.355. The van der Waals surface area contributed by atoms with E-state index >= 15 is 0 Å². The van der Waals surface area contributed by atoms with Crippen molar-refractivity contribution in [3.05, 3.63) is 41.7 Å². The first-order valence-electron chi connectivity index (χ1n) is 8.16. The fourth-order valence-corrected chi connectivity index (χ4v) is 3.05. The van der Waals surface area contributed by atoms with E-state index in [0.29, 0.717) is 36.1 Å². The van der Waals surface area contributed by atoms with Crippen molar-refractivity contribution >= 4 is 16.9 Å². The number of nitrogens with zero attached hydrogens (tertiary/aromatic N) is 4. The third-order valence-corrected chi connectivity index (χ3v) is 4.20. The van der Waals surface area contributed by atoms with Crippen molar-refractivity contribution in [2.45, 2.75) is 32.5 Å². The van der Waals surface area contributed by atoms with Crippen LogP contribution < -0.4 is 0 Å². The molecule has 8 nitrogen and oxygen atoms in total. The van der Waals surface area contributed by atoms with Gasteiger partial charge in [0.25, 0.3) is 0 Å². The Labute approximate surface area is 143 Å². The molecule has 0 unspecified atom stereocenters. The van der Waals surface area contributed by atoms with Gasteiger partial charge in [-0.3, -0.25) is 4.79 Å². The monoisotopic (exact) mass is 342 g/mol. The van der Waals surface area contributed by atoms with Crippen molar-refractivity contribution in [3.8, 4) is 0 Å². The van der Waals surface area contributed by atoms with Gasteiger partial charge in [-0.25, -0.2) is 0 Å². The van der Waals surface area contributed by atoms with Gasteiger partial charge in [-0.2, -0.15) is 0 Å². The quantitative estimate of drug-likeness (QED) is 0.719. The molecule has 25 heavy (non-hydrogen) atoms. The Balaban J connectivity index is 1.51. The van der Waals surface area contributed by atoms with E-state index in [1.165, 1.54) is 0 Å². The smallest absolute Gasteiger partial charge is 0.247 e. The van der Waals surface area contributed by atoms with Crippen LogP contribution in [0.2, 0.25) is 0 Å². The van der Waals surface area contributed by atoms with E-state index in [4.69, 9.17) is 13.7 Å². The number of ether oxygens (including phenoxy) is 1. The molecule has 8 heteroatoms. The molecule has 0 N–H and O–H groups in total. The molecule has 2 atom stereocenters. The first-order chi connectivity index (χ1) is 12.1. The Kier molecular flexibility index (Phi) is 3.96. The minimum Gasteiger partial charge on any atom is -0.423 e. The highest BCUT2D eigenvalue weighted by Gasteiger charge is 2.32. The van der Waals surface area contributed by atoms with Crippen LogP contribution in [-0.4, -0.2) is 45.4 Å². The highest BCUT2D eigenvalue weighted by molar-refractivity contribution is 5.86. The molecule has 0 bridgehead atoms. The van der Waals surface area contributed by atoms with Crippen LogP contribution in [0.1, 0.15) is 30.5 Å². The Morgan fingerprint density at radius 2 is 2.12 bits per heavy atom. The Morgan fingerprint density at radius 3 is 2.92 bits per heavy atom. The van der Waals surface area contributed by atoms with Crippen molar-refractivity contribution in [3.63, 3.8) is 0 Å². The second-order valence-electron chi connectivity index (χ2n) is 6.20. The summed E-state index contributed by atoms with van der Waals surface area (Å²) >= 11 is 0. The summed E-state index contributed by atoms with van der Waals surface area (Å²) in [5, 5.41) is 12.7. The van der Waals surface area contributed by atoms with Gasteiger partial charge in [-0.15, -0.1) is 10.2 Å². The molecule has 0 saturated carbocycles. The Hall–Kier alpha value is -2.74. The van der Waals surface area contributed by atoms with Crippen LogP contribution in [0.5, 0.6) is 0 Å². The Bertz CT molecular complexity index is 903. The topological polar surface area (TPSA) is 94.5 Å². The summed E-state index contributed by atoms with van der Waals surface area (Å²) in [6, 6.07) is 7.51. The molecular formula is C17H18N4O4. The number of para-hydroxylation sites is 1. The van der Waals surface area contributed by atoms with Crippen molar-refractivity contribution in [2.24, 2.45) is 0 Å². The predicted molar refractivity (Wildman–Crippen MR) is 86.6 cm³/mol. The standard InChI is InChI=1S/C17H18N4O4/c1-10-8-21(9-15(23-10)17-19-18-11(2)24-17)16(22)7-13-12-5-3-4-6-14(12)25-20-13/h3-6,10,15H,7-9H2,1-2H3/t10-,15-/m1/s1. The number of morpholine rings is 1. The predicted octanol–water partition coefficient (Wildman–Crippen LogP) is 2.05. The molecule has 130 valence electrons. The lowest BCUT2D eigenvalue weighted by molar-refractivity contribution is -0.145. The highest BCUT2D eigenvalue weighted by Crippen LogP contribution is 2.25. The van der Waals surface area contributed by atoms with Gasteiger partial charge in [-0.1, -0.05) is 17.3 Å². The van der Waals surface area contributed by atoms with Gasteiger partial charge in [-0.05, 0) is 19.1 Å². The zero-order valence-electron chi connectivity index (χ0n) is 14.0. The number of aryl methyl sites for hydroxylation is 1. The third-order valence-electron chi connectivity index (χ3n) is 4.20. The van der Waals surface area contributed by atoms with Crippen molar-refractivity contribution in [1.29, 1.82) is 0 Å². The van der Waals surface area contributed by atoms with E-state index in [-0.39, 0.29) is 18.4 Å². The van der Waals surface area contributed by atoms with E-state index in [9.17, 15) is 4.79 Å². The molecule has 1 aliphatic heterocycles. The van der Waals surface area contributed by atoms with Crippen molar-refractivity contribution in [1.82, 2.24) is 20.3 Å². The fourth-order valence-electron chi connectivity index (χ4n) is 3.05. The van der Waals surface area contributed by atoms with Crippen LogP contribution in [0.3, 0.4) is 0 Å². The zero-order valence-corrected chi connectivity index (χ0v) is 14.0. The van der Waals surface area contributed by atoms with Gasteiger partial charge in [0.1, 0.15) is 5.69 Å². The maximum atomic E-state index is 12.8. The SMILES string of the molecule is Cc1nnc([C@H]2CN(C(=O)Cc3noc4ccccc34)C[C@@H](C)O2)o1. The summed E-state index contributed by atoms with van der Waals surface area (Å²) in [5.74, 6) is 0.841. The van der Waals surface area contributed by atoms with Gasteiger partial charge in [0, 0.05) is 18.9 Å². The summed E-state index contributed by atoms with van der Waals surface area (Å²) < 4.78 is 16.6. The van der Waals surface area contributed by atoms with Crippen molar-refractivity contribution in [2.75, 3.05) is 13.1 Å². The molecule has 1 saturated heterocycles. The molecule has 0 radical (unpaired) electrons. The lowest BCUT2D eigenvalue weighted by Gasteiger charge is -2.35. The molecular weight excluding hydrogens is 324 g/mol. The second-order valence-corrected chi connectivity index (χ2v) is 6.20. The number of fused-ring (bicyclic) bond motifs is 1. The molecule has 1 aliphatic rings. The largest absolute Gasteiger partial charge is 0.423 e. The minimum absolute atomic E-state index is 0.0320. The number of hydrogen-bond acceptors (Lipinski definition) is 7. The molecule has 3 heterocycles. The fraction of sp³-hybridized carbons (Fsp3) is 0.412. The maximum absolute atomic E-state index is 12.8. The number of carbonyl (C=O) groups excluding carboxylic acids is 1. The molecule has 2 aromatic heterocycles. The lowest BCUT2D eigenvalue weighted by atomic mass is 10.1. The zero-order chi connectivity index (χ0) is 17.4. The van der Waals surface area contributed by atoms with Crippen LogP contribution in [0, 0.1) is 6.92 Å². The van der Waals surface area contributed by atoms with Gasteiger partial charge >= 0.3 is 0 Å². The number of carbonyl (C=O) groups is 1. The number of amides is 1. The van der Waals surface area contributed by atoms with Gasteiger partial charge in [0.05, 0.1) is 19.1 Å². The highest BCUT2D eigenvalue weighted by atomic mass is 16.5. The van der Waals surface area contributed by atoms with E-state index in [1.54, 1.807) is 11.8 Å². The number of hydrogen-bond donors (Lipinski definition) is 0. The lowest BCUT2D eigenvalue weighted by Crippen LogP contribution is -2.46. The Morgan fingerprint density at radius 1 is 1.28 bits per heavy atom. The first-order valence-corrected chi connectivity index (χ1v) is 8.16. The average molecular weight is 342 g/mol. The number of rotatable bonds is 3. The minimum atomic E-state index is -0.414. The summed E-state index contributed by atoms with van der Waals surface area (Å²) in [7, 11) is 0. The summed E-state index contributed by atoms with van der Waals surface area (Å²) in [6.45, 7) is 4.53. The molecule has 1 aromatic carbocycles.